The second kappa shape index (κ2) is 13.3. The van der Waals surface area contributed by atoms with Crippen molar-refractivity contribution in [2.75, 3.05) is 0 Å². The van der Waals surface area contributed by atoms with Crippen molar-refractivity contribution in [2.45, 2.75) is 117 Å². The third-order valence-electron chi connectivity index (χ3n) is 8.46. The minimum atomic E-state index is -2.31. The van der Waals surface area contributed by atoms with Crippen LogP contribution in [0.25, 0.3) is 11.1 Å². The Morgan fingerprint density at radius 2 is 1.27 bits per heavy atom. The van der Waals surface area contributed by atoms with Crippen molar-refractivity contribution in [2.24, 2.45) is 11.8 Å². The molecule has 0 atom stereocenters. The average Bonchev–Trinajstić information content (AvgIpc) is 3.39. The smallest absolute Gasteiger partial charge is 1.00 e. The third kappa shape index (κ3) is 7.24. The molecule has 0 aliphatic heterocycles. The summed E-state index contributed by atoms with van der Waals surface area (Å²) in [6.07, 6.45) is 13.4. The molecule has 2 aromatic rings. The number of benzene rings is 2. The maximum Gasteiger partial charge on any atom is -1.00 e. The van der Waals surface area contributed by atoms with Gasteiger partial charge in [-0.05, 0) is 0 Å². The molecule has 0 heterocycles. The fourth-order valence-electron chi connectivity index (χ4n) is 7.06. The first-order valence-corrected chi connectivity index (χ1v) is 18.9. The van der Waals surface area contributed by atoms with Gasteiger partial charge in [-0.1, -0.05) is 0 Å². The maximum absolute atomic E-state index is 2.60. The van der Waals surface area contributed by atoms with Crippen molar-refractivity contribution in [1.82, 2.24) is 0 Å². The molecule has 0 amide bonds. The van der Waals surface area contributed by atoms with Crippen LogP contribution in [0.4, 0.5) is 0 Å². The SMILES string of the molecule is Cc1cc2c(cc1C(C)(C)C)-c1cc(C(C)(C)C)c(C)[c]([Zr+2](=[C](CC(C)C)CC(C)C)[CH]3C=CC=C3)c1C2.[Cl-].[Cl-]. The van der Waals surface area contributed by atoms with Crippen LogP contribution < -0.4 is 28.1 Å². The van der Waals surface area contributed by atoms with Crippen LogP contribution in [-0.2, 0) is 38.5 Å². The van der Waals surface area contributed by atoms with Crippen molar-refractivity contribution in [3.8, 4) is 11.1 Å². The summed E-state index contributed by atoms with van der Waals surface area (Å²) in [7, 11) is 0. The van der Waals surface area contributed by atoms with E-state index in [1.165, 1.54) is 29.5 Å². The molecule has 0 bridgehead atoms. The summed E-state index contributed by atoms with van der Waals surface area (Å²) in [6, 6.07) is 7.69. The number of hydrogen-bond acceptors (Lipinski definition) is 0. The first-order valence-electron chi connectivity index (χ1n) is 15.0. The fraction of sp³-hybridized carbons (Fsp3) is 0.541. The molecule has 0 N–H and O–H groups in total. The van der Waals surface area contributed by atoms with Crippen LogP contribution in [0, 0.1) is 25.7 Å². The van der Waals surface area contributed by atoms with Crippen LogP contribution in [-0.4, -0.2) is 3.21 Å². The monoisotopic (exact) mass is 656 g/mol. The van der Waals surface area contributed by atoms with E-state index < -0.39 is 21.3 Å². The van der Waals surface area contributed by atoms with Crippen molar-refractivity contribution < 1.29 is 46.1 Å². The average molecular weight is 659 g/mol. The van der Waals surface area contributed by atoms with Crippen LogP contribution in [0.1, 0.15) is 115 Å². The van der Waals surface area contributed by atoms with Gasteiger partial charge in [-0.25, -0.2) is 0 Å². The van der Waals surface area contributed by atoms with Crippen molar-refractivity contribution in [3.63, 3.8) is 0 Å². The molecule has 2 aliphatic carbocycles. The van der Waals surface area contributed by atoms with Gasteiger partial charge in [0.25, 0.3) is 0 Å². The van der Waals surface area contributed by atoms with Gasteiger partial charge in [0.2, 0.25) is 0 Å². The minimum Gasteiger partial charge on any atom is -1.00 e. The number of allylic oxidation sites excluding steroid dienone is 4. The molecule has 4 rings (SSSR count). The Balaban J connectivity index is 0.00000280. The van der Waals surface area contributed by atoms with E-state index in [1.807, 2.05) is 6.48 Å². The van der Waals surface area contributed by atoms with Gasteiger partial charge in [-0.2, -0.15) is 0 Å². The van der Waals surface area contributed by atoms with Crippen LogP contribution >= 0.6 is 0 Å². The first-order chi connectivity index (χ1) is 17.6. The van der Waals surface area contributed by atoms with Crippen LogP contribution in [0.5, 0.6) is 0 Å². The van der Waals surface area contributed by atoms with Crippen LogP contribution in [0.3, 0.4) is 0 Å². The summed E-state index contributed by atoms with van der Waals surface area (Å²) >= 11 is -2.31. The van der Waals surface area contributed by atoms with Gasteiger partial charge in [0.15, 0.2) is 0 Å². The molecule has 2 aliphatic rings. The van der Waals surface area contributed by atoms with Gasteiger partial charge in [0, 0.05) is 0 Å². The van der Waals surface area contributed by atoms with Crippen LogP contribution in [0.2, 0.25) is 3.63 Å². The number of rotatable bonds is 6. The van der Waals surface area contributed by atoms with Gasteiger partial charge in [0.05, 0.1) is 0 Å². The van der Waals surface area contributed by atoms with Gasteiger partial charge >= 0.3 is 243 Å². The number of halogens is 2. The summed E-state index contributed by atoms with van der Waals surface area (Å²) in [6.45, 7) is 28.9. The van der Waals surface area contributed by atoms with Crippen molar-refractivity contribution in [3.05, 3.63) is 75.9 Å². The van der Waals surface area contributed by atoms with Gasteiger partial charge in [0.1, 0.15) is 0 Å². The second-order valence-electron chi connectivity index (χ2n) is 15.0. The van der Waals surface area contributed by atoms with E-state index in [0.29, 0.717) is 15.5 Å². The van der Waals surface area contributed by atoms with Gasteiger partial charge in [-0.15, -0.1) is 0 Å². The van der Waals surface area contributed by atoms with Crippen molar-refractivity contribution >= 4 is 6.48 Å². The molecule has 40 heavy (non-hydrogen) atoms. The first kappa shape index (κ1) is 35.4. The summed E-state index contributed by atoms with van der Waals surface area (Å²) < 4.78 is 4.41. The van der Waals surface area contributed by atoms with Gasteiger partial charge < -0.3 is 24.8 Å². The van der Waals surface area contributed by atoms with E-state index in [9.17, 15) is 0 Å². The minimum absolute atomic E-state index is 0. The Labute approximate surface area is 266 Å². The normalized spacial score (nSPS) is 14.1. The number of aryl methyl sites for hydroxylation is 1. The Hall–Kier alpha value is -0.747. The molecule has 0 saturated heterocycles. The quantitative estimate of drug-likeness (QED) is 0.377. The van der Waals surface area contributed by atoms with E-state index in [-0.39, 0.29) is 35.6 Å². The Morgan fingerprint density at radius 1 is 0.775 bits per heavy atom. The summed E-state index contributed by atoms with van der Waals surface area (Å²) in [5.41, 5.74) is 12.7. The number of fused-ring (bicyclic) bond motifs is 3. The molecule has 0 saturated carbocycles. The van der Waals surface area contributed by atoms with E-state index in [1.54, 1.807) is 27.8 Å². The van der Waals surface area contributed by atoms with E-state index in [0.717, 1.165) is 6.42 Å². The predicted molar refractivity (Wildman–Crippen MR) is 167 cm³/mol. The largest absolute Gasteiger partial charge is 1.00 e. The second-order valence-corrected chi connectivity index (χ2v) is 21.6. The number of hydrogen-bond donors (Lipinski definition) is 0. The zero-order chi connectivity index (χ0) is 28.2. The standard InChI is InChI=1S/C23H29.C9H18.C5H5.2ClH.Zr/c1-14-9-16-11-17-10-15(2)21(23(6,7)8)13-19(17)18(16)12-20(14)22(3,4)5;1-8(2)6-5-7-9(3)4;1-2-4-5-3-1;;;/h9,12-13H,11H2,1-8H3;8-9H,6-7H2,1-4H3;1-5H;2*1H;/q;;;;;+2/p-2. The molecule has 0 aromatic heterocycles. The van der Waals surface area contributed by atoms with Gasteiger partial charge in [-0.3, -0.25) is 0 Å². The molecular formula is C37H52Cl2Zr. The fourth-order valence-corrected chi connectivity index (χ4v) is 17.2. The summed E-state index contributed by atoms with van der Waals surface area (Å²) in [5.74, 6) is 1.42. The molecule has 0 nitrogen and oxygen atoms in total. The Bertz CT molecular complexity index is 1300. The zero-order valence-electron chi connectivity index (χ0n) is 27.2. The molecule has 0 spiro atoms. The Kier molecular flexibility index (Phi) is 11.8. The summed E-state index contributed by atoms with van der Waals surface area (Å²) in [5, 5.41) is 0. The molecule has 2 aromatic carbocycles. The van der Waals surface area contributed by atoms with Crippen LogP contribution in [0.15, 0.2) is 42.5 Å². The predicted octanol–water partition coefficient (Wildman–Crippen LogP) is 3.90. The molecule has 0 unspecified atom stereocenters. The van der Waals surface area contributed by atoms with E-state index in [4.69, 9.17) is 0 Å². The van der Waals surface area contributed by atoms with E-state index in [2.05, 4.69) is 126 Å². The third-order valence-corrected chi connectivity index (χ3v) is 16.9. The molecular weight excluding hydrogens is 607 g/mol. The molecule has 218 valence electrons. The molecule has 3 heteroatoms. The molecule has 0 radical (unpaired) electrons. The van der Waals surface area contributed by atoms with Crippen molar-refractivity contribution in [1.29, 1.82) is 0 Å². The Morgan fingerprint density at radius 3 is 1.75 bits per heavy atom. The topological polar surface area (TPSA) is 0 Å². The molecule has 0 fully saturated rings. The summed E-state index contributed by atoms with van der Waals surface area (Å²) in [4.78, 5) is 0. The maximum atomic E-state index is 2.60. The van der Waals surface area contributed by atoms with E-state index >= 15 is 0 Å². The zero-order valence-corrected chi connectivity index (χ0v) is 31.1.